The summed E-state index contributed by atoms with van der Waals surface area (Å²) in [7, 11) is 0. The number of rotatable bonds is 5. The molecule has 0 spiro atoms. The third-order valence-corrected chi connectivity index (χ3v) is 3.56. The molecule has 1 fully saturated rings. The van der Waals surface area contributed by atoms with Crippen molar-refractivity contribution >= 4 is 17.6 Å². The van der Waals surface area contributed by atoms with E-state index >= 15 is 0 Å². The Labute approximate surface area is 119 Å². The fourth-order valence-corrected chi connectivity index (χ4v) is 2.53. The number of hydrogen-bond donors (Lipinski definition) is 0. The molecule has 1 saturated heterocycles. The van der Waals surface area contributed by atoms with E-state index in [4.69, 9.17) is 16.3 Å². The first-order valence-corrected chi connectivity index (χ1v) is 7.17. The molecule has 1 aliphatic heterocycles. The summed E-state index contributed by atoms with van der Waals surface area (Å²) >= 11 is 5.81. The van der Waals surface area contributed by atoms with E-state index in [2.05, 4.69) is 4.90 Å². The van der Waals surface area contributed by atoms with Gasteiger partial charge < -0.3 is 4.74 Å². The summed E-state index contributed by atoms with van der Waals surface area (Å²) in [5.41, 5.74) is 0.933. The maximum Gasteiger partial charge on any atom is 0.310 e. The van der Waals surface area contributed by atoms with Crippen LogP contribution in [-0.4, -0.2) is 36.6 Å². The van der Waals surface area contributed by atoms with Crippen molar-refractivity contribution in [3.63, 3.8) is 0 Å². The van der Waals surface area contributed by atoms with Gasteiger partial charge >= 0.3 is 5.97 Å². The van der Waals surface area contributed by atoms with Crippen molar-refractivity contribution in [3.05, 3.63) is 34.9 Å². The molecular formula is C15H20ClNO2. The van der Waals surface area contributed by atoms with E-state index in [1.54, 1.807) is 12.1 Å². The van der Waals surface area contributed by atoms with Crippen LogP contribution in [0.25, 0.3) is 0 Å². The molecule has 1 aliphatic rings. The molecule has 2 rings (SSSR count). The Morgan fingerprint density at radius 3 is 2.58 bits per heavy atom. The highest BCUT2D eigenvalue weighted by Gasteiger charge is 2.17. The Morgan fingerprint density at radius 1 is 1.32 bits per heavy atom. The van der Waals surface area contributed by atoms with Crippen LogP contribution in [0.1, 0.15) is 25.3 Å². The van der Waals surface area contributed by atoms with E-state index < -0.39 is 0 Å². The second kappa shape index (κ2) is 6.92. The van der Waals surface area contributed by atoms with Crippen LogP contribution in [0.5, 0.6) is 0 Å². The Balaban J connectivity index is 1.75. The van der Waals surface area contributed by atoms with Crippen LogP contribution >= 0.6 is 11.6 Å². The van der Waals surface area contributed by atoms with Crippen LogP contribution in [-0.2, 0) is 16.0 Å². The van der Waals surface area contributed by atoms with Crippen LogP contribution in [0.3, 0.4) is 0 Å². The van der Waals surface area contributed by atoms with Gasteiger partial charge in [0.1, 0.15) is 6.10 Å². The number of likely N-dealkylation sites (tertiary alicyclic amines) is 1. The number of halogens is 1. The van der Waals surface area contributed by atoms with Gasteiger partial charge in [-0.15, -0.1) is 0 Å². The fraction of sp³-hybridized carbons (Fsp3) is 0.533. The van der Waals surface area contributed by atoms with Crippen molar-refractivity contribution in [2.24, 2.45) is 0 Å². The number of nitrogens with zero attached hydrogens (tertiary/aromatic N) is 1. The minimum absolute atomic E-state index is 0.0436. The van der Waals surface area contributed by atoms with Gasteiger partial charge in [0.15, 0.2) is 0 Å². The summed E-state index contributed by atoms with van der Waals surface area (Å²) in [6, 6.07) is 7.29. The molecule has 0 N–H and O–H groups in total. The second-order valence-corrected chi connectivity index (χ2v) is 5.55. The first kappa shape index (κ1) is 14.4. The zero-order valence-electron chi connectivity index (χ0n) is 11.3. The number of benzene rings is 1. The topological polar surface area (TPSA) is 29.5 Å². The molecule has 0 radical (unpaired) electrons. The van der Waals surface area contributed by atoms with Gasteiger partial charge in [-0.05, 0) is 50.6 Å². The maximum atomic E-state index is 11.8. The Hall–Kier alpha value is -1.06. The molecule has 0 saturated carbocycles. The second-order valence-electron chi connectivity index (χ2n) is 5.11. The van der Waals surface area contributed by atoms with Gasteiger partial charge in [0, 0.05) is 11.6 Å². The standard InChI is InChI=1S/C15H20ClNO2/c1-12(11-17-8-2-3-9-17)19-15(18)10-13-4-6-14(16)7-5-13/h4-7,12H,2-3,8-11H2,1H3/t12-/m0/s1. The van der Waals surface area contributed by atoms with Crippen LogP contribution in [0.2, 0.25) is 5.02 Å². The first-order chi connectivity index (χ1) is 9.13. The largest absolute Gasteiger partial charge is 0.461 e. The highest BCUT2D eigenvalue weighted by Crippen LogP contribution is 2.12. The van der Waals surface area contributed by atoms with Gasteiger partial charge in [-0.2, -0.15) is 0 Å². The van der Waals surface area contributed by atoms with Crippen molar-refractivity contribution in [1.29, 1.82) is 0 Å². The number of esters is 1. The Morgan fingerprint density at radius 2 is 1.95 bits per heavy atom. The van der Waals surface area contributed by atoms with Crippen LogP contribution in [0.15, 0.2) is 24.3 Å². The summed E-state index contributed by atoms with van der Waals surface area (Å²) in [6.07, 6.45) is 2.77. The van der Waals surface area contributed by atoms with Crippen molar-refractivity contribution in [1.82, 2.24) is 4.90 Å². The van der Waals surface area contributed by atoms with Gasteiger partial charge in [-0.1, -0.05) is 23.7 Å². The smallest absolute Gasteiger partial charge is 0.310 e. The highest BCUT2D eigenvalue weighted by molar-refractivity contribution is 6.30. The molecular weight excluding hydrogens is 262 g/mol. The molecule has 104 valence electrons. The minimum atomic E-state index is -0.172. The summed E-state index contributed by atoms with van der Waals surface area (Å²) in [5.74, 6) is -0.172. The van der Waals surface area contributed by atoms with E-state index in [0.717, 1.165) is 25.2 Å². The van der Waals surface area contributed by atoms with Crippen molar-refractivity contribution in [2.75, 3.05) is 19.6 Å². The molecule has 0 amide bonds. The maximum absolute atomic E-state index is 11.8. The van der Waals surface area contributed by atoms with Gasteiger partial charge in [0.2, 0.25) is 0 Å². The van der Waals surface area contributed by atoms with Crippen molar-refractivity contribution in [2.45, 2.75) is 32.3 Å². The van der Waals surface area contributed by atoms with E-state index in [0.29, 0.717) is 11.4 Å². The fourth-order valence-electron chi connectivity index (χ4n) is 2.40. The van der Waals surface area contributed by atoms with Crippen LogP contribution in [0.4, 0.5) is 0 Å². The molecule has 1 aromatic carbocycles. The normalized spacial score (nSPS) is 17.4. The van der Waals surface area contributed by atoms with Gasteiger partial charge in [0.25, 0.3) is 0 Å². The zero-order chi connectivity index (χ0) is 13.7. The number of hydrogen-bond acceptors (Lipinski definition) is 3. The third kappa shape index (κ3) is 4.84. The number of carbonyl (C=O) groups is 1. The van der Waals surface area contributed by atoms with Gasteiger partial charge in [-0.25, -0.2) is 0 Å². The molecule has 0 aromatic heterocycles. The molecule has 4 heteroatoms. The molecule has 19 heavy (non-hydrogen) atoms. The van der Waals surface area contributed by atoms with E-state index in [1.807, 2.05) is 19.1 Å². The number of ether oxygens (including phenoxy) is 1. The SMILES string of the molecule is C[C@@H](CN1CCCC1)OC(=O)Cc1ccc(Cl)cc1. The first-order valence-electron chi connectivity index (χ1n) is 6.80. The lowest BCUT2D eigenvalue weighted by atomic mass is 10.1. The Kier molecular flexibility index (Phi) is 5.23. The van der Waals surface area contributed by atoms with E-state index in [-0.39, 0.29) is 12.1 Å². The zero-order valence-corrected chi connectivity index (χ0v) is 12.0. The molecule has 0 aliphatic carbocycles. The highest BCUT2D eigenvalue weighted by atomic mass is 35.5. The van der Waals surface area contributed by atoms with Crippen LogP contribution < -0.4 is 0 Å². The van der Waals surface area contributed by atoms with Crippen molar-refractivity contribution in [3.8, 4) is 0 Å². The summed E-state index contributed by atoms with van der Waals surface area (Å²) in [6.45, 7) is 5.04. The molecule has 0 bridgehead atoms. The quantitative estimate of drug-likeness (QED) is 0.777. The predicted octanol–water partition coefficient (Wildman–Crippen LogP) is 2.91. The average Bonchev–Trinajstić information content (AvgIpc) is 2.84. The molecule has 0 unspecified atom stereocenters. The lowest BCUT2D eigenvalue weighted by Crippen LogP contribution is -2.31. The van der Waals surface area contributed by atoms with E-state index in [9.17, 15) is 4.79 Å². The third-order valence-electron chi connectivity index (χ3n) is 3.31. The monoisotopic (exact) mass is 281 g/mol. The lowest BCUT2D eigenvalue weighted by molar-refractivity contribution is -0.148. The minimum Gasteiger partial charge on any atom is -0.461 e. The molecule has 1 atom stereocenters. The number of carbonyl (C=O) groups excluding carboxylic acids is 1. The van der Waals surface area contributed by atoms with Gasteiger partial charge in [-0.3, -0.25) is 9.69 Å². The molecule has 1 heterocycles. The average molecular weight is 282 g/mol. The summed E-state index contributed by atoms with van der Waals surface area (Å²) in [4.78, 5) is 14.2. The van der Waals surface area contributed by atoms with Crippen LogP contribution in [0, 0.1) is 0 Å². The summed E-state index contributed by atoms with van der Waals surface area (Å²) < 4.78 is 5.43. The van der Waals surface area contributed by atoms with Crippen molar-refractivity contribution < 1.29 is 9.53 Å². The molecule has 1 aromatic rings. The lowest BCUT2D eigenvalue weighted by Gasteiger charge is -2.20. The van der Waals surface area contributed by atoms with Gasteiger partial charge in [0.05, 0.1) is 6.42 Å². The molecule has 3 nitrogen and oxygen atoms in total. The Bertz CT molecular complexity index is 413. The predicted molar refractivity (Wildman–Crippen MR) is 76.4 cm³/mol. The van der Waals surface area contributed by atoms with E-state index in [1.165, 1.54) is 12.8 Å². The summed E-state index contributed by atoms with van der Waals surface area (Å²) in [5, 5.41) is 0.680.